The van der Waals surface area contributed by atoms with Crippen molar-refractivity contribution in [2.45, 2.75) is 37.6 Å². The minimum Gasteiger partial charge on any atom is -0.395 e. The Hall–Kier alpha value is -2.05. The van der Waals surface area contributed by atoms with Gasteiger partial charge >= 0.3 is 0 Å². The topological polar surface area (TPSA) is 104 Å². The zero-order chi connectivity index (χ0) is 14.3. The Morgan fingerprint density at radius 3 is 2.70 bits per heavy atom. The van der Waals surface area contributed by atoms with E-state index in [0.29, 0.717) is 17.6 Å². The standard InChI is InChI=1S/C13H19N5O2/c1-18(6-9(19)15-8-4-5-8)13(20)12-10(14)11(16-17-12)7-2-3-7/h7-8H,2-6,14H2,1H3,(H,15,19)(H,16,17). The number of aromatic amines is 1. The van der Waals surface area contributed by atoms with E-state index < -0.39 is 0 Å². The quantitative estimate of drug-likeness (QED) is 0.716. The maximum Gasteiger partial charge on any atom is 0.276 e. The monoisotopic (exact) mass is 277 g/mol. The average molecular weight is 277 g/mol. The van der Waals surface area contributed by atoms with E-state index in [1.165, 1.54) is 4.90 Å². The zero-order valence-corrected chi connectivity index (χ0v) is 11.5. The third kappa shape index (κ3) is 2.61. The second-order valence-corrected chi connectivity index (χ2v) is 5.68. The van der Waals surface area contributed by atoms with E-state index >= 15 is 0 Å². The van der Waals surface area contributed by atoms with Crippen molar-refractivity contribution >= 4 is 17.5 Å². The predicted molar refractivity (Wildman–Crippen MR) is 73.1 cm³/mol. The molecule has 7 heteroatoms. The van der Waals surface area contributed by atoms with Gasteiger partial charge in [0.05, 0.1) is 17.9 Å². The summed E-state index contributed by atoms with van der Waals surface area (Å²) in [7, 11) is 1.58. The maximum absolute atomic E-state index is 12.2. The van der Waals surface area contributed by atoms with Crippen LogP contribution in [-0.2, 0) is 4.79 Å². The van der Waals surface area contributed by atoms with Crippen LogP contribution < -0.4 is 11.1 Å². The molecule has 0 atom stereocenters. The van der Waals surface area contributed by atoms with Crippen molar-refractivity contribution in [2.75, 3.05) is 19.3 Å². The molecule has 0 radical (unpaired) electrons. The Balaban J connectivity index is 1.63. The van der Waals surface area contributed by atoms with Crippen LogP contribution in [0.1, 0.15) is 47.8 Å². The highest BCUT2D eigenvalue weighted by Gasteiger charge is 2.31. The second kappa shape index (κ2) is 4.81. The fourth-order valence-corrected chi connectivity index (χ4v) is 2.18. The number of nitrogens with one attached hydrogen (secondary N) is 2. The number of aromatic nitrogens is 2. The number of amides is 2. The van der Waals surface area contributed by atoms with Crippen LogP contribution in [0.3, 0.4) is 0 Å². The summed E-state index contributed by atoms with van der Waals surface area (Å²) < 4.78 is 0. The molecule has 1 aromatic heterocycles. The molecule has 2 amide bonds. The summed E-state index contributed by atoms with van der Waals surface area (Å²) >= 11 is 0. The first-order valence-electron chi connectivity index (χ1n) is 6.95. The molecule has 108 valence electrons. The van der Waals surface area contributed by atoms with Crippen molar-refractivity contribution in [1.29, 1.82) is 0 Å². The fraction of sp³-hybridized carbons (Fsp3) is 0.615. The summed E-state index contributed by atoms with van der Waals surface area (Å²) in [5, 5.41) is 9.70. The molecule has 2 fully saturated rings. The molecule has 1 aromatic rings. The van der Waals surface area contributed by atoms with Crippen molar-refractivity contribution in [2.24, 2.45) is 0 Å². The third-order valence-electron chi connectivity index (χ3n) is 3.69. The van der Waals surface area contributed by atoms with Gasteiger partial charge in [-0.05, 0) is 25.7 Å². The molecule has 7 nitrogen and oxygen atoms in total. The van der Waals surface area contributed by atoms with Crippen molar-refractivity contribution in [3.8, 4) is 0 Å². The smallest absolute Gasteiger partial charge is 0.276 e. The van der Waals surface area contributed by atoms with E-state index in [1.54, 1.807) is 7.05 Å². The number of H-pyrrole nitrogens is 1. The van der Waals surface area contributed by atoms with Crippen molar-refractivity contribution < 1.29 is 9.59 Å². The Labute approximate surface area is 116 Å². The maximum atomic E-state index is 12.2. The number of carbonyl (C=O) groups excluding carboxylic acids is 2. The van der Waals surface area contributed by atoms with E-state index in [0.717, 1.165) is 31.4 Å². The molecule has 20 heavy (non-hydrogen) atoms. The van der Waals surface area contributed by atoms with Crippen LogP contribution in [0, 0.1) is 0 Å². The Kier molecular flexibility index (Phi) is 3.11. The van der Waals surface area contributed by atoms with Gasteiger partial charge in [0.25, 0.3) is 5.91 Å². The Bertz CT molecular complexity index is 545. The Morgan fingerprint density at radius 1 is 1.40 bits per heavy atom. The number of hydrogen-bond acceptors (Lipinski definition) is 4. The van der Waals surface area contributed by atoms with Gasteiger partial charge < -0.3 is 16.0 Å². The van der Waals surface area contributed by atoms with Gasteiger partial charge in [0, 0.05) is 19.0 Å². The minimum absolute atomic E-state index is 0.0282. The lowest BCUT2D eigenvalue weighted by Gasteiger charge is -2.15. The first kappa shape index (κ1) is 13.0. The third-order valence-corrected chi connectivity index (χ3v) is 3.69. The number of carbonyl (C=O) groups is 2. The molecule has 1 heterocycles. The van der Waals surface area contributed by atoms with Crippen LogP contribution in [0.25, 0.3) is 0 Å². The lowest BCUT2D eigenvalue weighted by molar-refractivity contribution is -0.121. The van der Waals surface area contributed by atoms with E-state index in [-0.39, 0.29) is 24.1 Å². The van der Waals surface area contributed by atoms with Crippen LogP contribution in [-0.4, -0.2) is 46.5 Å². The minimum atomic E-state index is -0.323. The number of nitrogen functional groups attached to an aromatic ring is 1. The van der Waals surface area contributed by atoms with E-state index in [1.807, 2.05) is 0 Å². The zero-order valence-electron chi connectivity index (χ0n) is 11.5. The summed E-state index contributed by atoms with van der Waals surface area (Å²) in [6.07, 6.45) is 4.22. The lowest BCUT2D eigenvalue weighted by atomic mass is 10.2. The SMILES string of the molecule is CN(CC(=O)NC1CC1)C(=O)c1n[nH]c(C2CC2)c1N. The van der Waals surface area contributed by atoms with Crippen molar-refractivity contribution in [3.63, 3.8) is 0 Å². The van der Waals surface area contributed by atoms with Gasteiger partial charge in [-0.15, -0.1) is 0 Å². The molecule has 0 unspecified atom stereocenters. The molecule has 0 spiro atoms. The highest BCUT2D eigenvalue weighted by atomic mass is 16.2. The molecule has 2 aliphatic carbocycles. The van der Waals surface area contributed by atoms with E-state index in [9.17, 15) is 9.59 Å². The largest absolute Gasteiger partial charge is 0.395 e. The van der Waals surface area contributed by atoms with E-state index in [2.05, 4.69) is 15.5 Å². The van der Waals surface area contributed by atoms with Gasteiger partial charge in [-0.1, -0.05) is 0 Å². The summed E-state index contributed by atoms with van der Waals surface area (Å²) in [6, 6.07) is 0.294. The van der Waals surface area contributed by atoms with Gasteiger partial charge in [0.15, 0.2) is 5.69 Å². The molecule has 0 bridgehead atoms. The van der Waals surface area contributed by atoms with Crippen LogP contribution in [0.4, 0.5) is 5.69 Å². The molecular formula is C13H19N5O2. The van der Waals surface area contributed by atoms with Gasteiger partial charge in [-0.25, -0.2) is 0 Å². The number of anilines is 1. The predicted octanol–water partition coefficient (Wildman–Crippen LogP) is 0.220. The van der Waals surface area contributed by atoms with Crippen LogP contribution in [0.5, 0.6) is 0 Å². The van der Waals surface area contributed by atoms with Crippen LogP contribution in [0.15, 0.2) is 0 Å². The van der Waals surface area contributed by atoms with Gasteiger partial charge in [0.1, 0.15) is 0 Å². The van der Waals surface area contributed by atoms with E-state index in [4.69, 9.17) is 5.73 Å². The summed E-state index contributed by atoms with van der Waals surface area (Å²) in [4.78, 5) is 25.3. The van der Waals surface area contributed by atoms with Crippen molar-refractivity contribution in [1.82, 2.24) is 20.4 Å². The van der Waals surface area contributed by atoms with Crippen LogP contribution >= 0.6 is 0 Å². The summed E-state index contributed by atoms with van der Waals surface area (Å²) in [5.41, 5.74) is 7.45. The first-order chi connectivity index (χ1) is 9.56. The number of likely N-dealkylation sites (N-methyl/N-ethyl adjacent to an activating group) is 1. The molecule has 0 aromatic carbocycles. The molecule has 2 saturated carbocycles. The lowest BCUT2D eigenvalue weighted by Crippen LogP contribution is -2.39. The molecular weight excluding hydrogens is 258 g/mol. The summed E-state index contributed by atoms with van der Waals surface area (Å²) in [6.45, 7) is 0.0282. The average Bonchev–Trinajstić information content (AvgIpc) is 3.30. The highest BCUT2D eigenvalue weighted by Crippen LogP contribution is 2.42. The molecule has 4 N–H and O–H groups in total. The molecule has 0 saturated heterocycles. The number of nitrogens with zero attached hydrogens (tertiary/aromatic N) is 2. The molecule has 0 aliphatic heterocycles. The first-order valence-corrected chi connectivity index (χ1v) is 6.95. The van der Waals surface area contributed by atoms with Gasteiger partial charge in [0.2, 0.25) is 5.91 Å². The fourth-order valence-electron chi connectivity index (χ4n) is 2.18. The number of rotatable bonds is 5. The normalized spacial score (nSPS) is 17.9. The van der Waals surface area contributed by atoms with Gasteiger partial charge in [-0.2, -0.15) is 5.10 Å². The van der Waals surface area contributed by atoms with Gasteiger partial charge in [-0.3, -0.25) is 14.7 Å². The second-order valence-electron chi connectivity index (χ2n) is 5.68. The number of hydrogen-bond donors (Lipinski definition) is 3. The highest BCUT2D eigenvalue weighted by molar-refractivity contribution is 5.99. The number of nitrogens with two attached hydrogens (primary N) is 1. The molecule has 2 aliphatic rings. The van der Waals surface area contributed by atoms with Crippen LogP contribution in [0.2, 0.25) is 0 Å². The summed E-state index contributed by atoms with van der Waals surface area (Å²) in [5.74, 6) is -0.0519. The Morgan fingerprint density at radius 2 is 2.10 bits per heavy atom. The molecule has 3 rings (SSSR count). The van der Waals surface area contributed by atoms with Crippen molar-refractivity contribution in [3.05, 3.63) is 11.4 Å².